The monoisotopic (exact) mass is 340 g/mol. The largest absolute Gasteiger partial charge is 0.324 e. The van der Waals surface area contributed by atoms with Gasteiger partial charge >= 0.3 is 0 Å². The van der Waals surface area contributed by atoms with E-state index in [2.05, 4.69) is 59.8 Å². The zero-order valence-electron chi connectivity index (χ0n) is 13.1. The second-order valence-corrected chi connectivity index (χ2v) is 6.51. The molecular formula is C17H29BrN2. The molecule has 2 N–H and O–H groups in total. The Hall–Kier alpha value is -0.380. The Labute approximate surface area is 132 Å². The SMILES string of the molecule is CCCCN(CCC(N)c1cccc(Br)c1)C(C)CC. The van der Waals surface area contributed by atoms with Gasteiger partial charge in [-0.15, -0.1) is 0 Å². The molecule has 1 aromatic carbocycles. The van der Waals surface area contributed by atoms with Gasteiger partial charge < -0.3 is 10.6 Å². The first-order valence-electron chi connectivity index (χ1n) is 7.83. The number of benzene rings is 1. The molecule has 0 fully saturated rings. The summed E-state index contributed by atoms with van der Waals surface area (Å²) in [7, 11) is 0. The highest BCUT2D eigenvalue weighted by atomic mass is 79.9. The van der Waals surface area contributed by atoms with Crippen LogP contribution in [0.2, 0.25) is 0 Å². The smallest absolute Gasteiger partial charge is 0.0307 e. The summed E-state index contributed by atoms with van der Waals surface area (Å²) >= 11 is 3.51. The van der Waals surface area contributed by atoms with Crippen molar-refractivity contribution < 1.29 is 0 Å². The van der Waals surface area contributed by atoms with Crippen molar-refractivity contribution in [1.29, 1.82) is 0 Å². The Morgan fingerprint density at radius 3 is 2.60 bits per heavy atom. The lowest BCUT2D eigenvalue weighted by atomic mass is 10.0. The topological polar surface area (TPSA) is 29.3 Å². The van der Waals surface area contributed by atoms with E-state index in [0.717, 1.165) is 17.4 Å². The third-order valence-corrected chi connectivity index (χ3v) is 4.51. The lowest BCUT2D eigenvalue weighted by molar-refractivity contribution is 0.194. The molecule has 0 aliphatic rings. The molecule has 0 saturated carbocycles. The molecule has 0 aliphatic heterocycles. The number of nitrogens with two attached hydrogens (primary N) is 1. The van der Waals surface area contributed by atoms with Crippen molar-refractivity contribution in [2.24, 2.45) is 5.73 Å². The lowest BCUT2D eigenvalue weighted by Gasteiger charge is -2.29. The maximum atomic E-state index is 6.33. The van der Waals surface area contributed by atoms with Gasteiger partial charge in [-0.1, -0.05) is 48.3 Å². The van der Waals surface area contributed by atoms with Crippen LogP contribution in [0.4, 0.5) is 0 Å². The molecular weight excluding hydrogens is 312 g/mol. The number of unbranched alkanes of at least 4 members (excludes halogenated alkanes) is 1. The molecule has 0 bridgehead atoms. The third kappa shape index (κ3) is 5.94. The van der Waals surface area contributed by atoms with Crippen molar-refractivity contribution >= 4 is 15.9 Å². The van der Waals surface area contributed by atoms with Crippen LogP contribution in [0.3, 0.4) is 0 Å². The van der Waals surface area contributed by atoms with E-state index >= 15 is 0 Å². The van der Waals surface area contributed by atoms with Gasteiger partial charge in [0.2, 0.25) is 0 Å². The van der Waals surface area contributed by atoms with Gasteiger partial charge in [-0.2, -0.15) is 0 Å². The maximum Gasteiger partial charge on any atom is 0.0307 e. The highest BCUT2D eigenvalue weighted by Gasteiger charge is 2.14. The Kier molecular flexibility index (Phi) is 8.43. The van der Waals surface area contributed by atoms with Gasteiger partial charge in [0.25, 0.3) is 0 Å². The van der Waals surface area contributed by atoms with E-state index in [4.69, 9.17) is 5.73 Å². The Balaban J connectivity index is 2.53. The van der Waals surface area contributed by atoms with Crippen molar-refractivity contribution in [2.75, 3.05) is 13.1 Å². The van der Waals surface area contributed by atoms with E-state index in [1.807, 2.05) is 6.07 Å². The Bertz CT molecular complexity index is 381. The first-order chi connectivity index (χ1) is 9.58. The molecule has 2 unspecified atom stereocenters. The average molecular weight is 341 g/mol. The second-order valence-electron chi connectivity index (χ2n) is 5.60. The van der Waals surface area contributed by atoms with E-state index in [1.165, 1.54) is 31.4 Å². The molecule has 3 heteroatoms. The normalized spacial score (nSPS) is 14.5. The highest BCUT2D eigenvalue weighted by Crippen LogP contribution is 2.20. The van der Waals surface area contributed by atoms with Crippen LogP contribution in [0, 0.1) is 0 Å². The van der Waals surface area contributed by atoms with Gasteiger partial charge in [0.15, 0.2) is 0 Å². The number of hydrogen-bond donors (Lipinski definition) is 1. The van der Waals surface area contributed by atoms with Crippen LogP contribution >= 0.6 is 15.9 Å². The zero-order valence-corrected chi connectivity index (χ0v) is 14.7. The van der Waals surface area contributed by atoms with E-state index in [9.17, 15) is 0 Å². The fourth-order valence-electron chi connectivity index (χ4n) is 2.38. The quantitative estimate of drug-likeness (QED) is 0.703. The first-order valence-corrected chi connectivity index (χ1v) is 8.62. The summed E-state index contributed by atoms with van der Waals surface area (Å²) in [5.74, 6) is 0. The number of halogens is 1. The molecule has 1 rings (SSSR count). The van der Waals surface area contributed by atoms with Crippen LogP contribution < -0.4 is 5.73 Å². The predicted molar refractivity (Wildman–Crippen MR) is 91.9 cm³/mol. The standard InChI is InChI=1S/C17H29BrN2/c1-4-6-11-20(14(3)5-2)12-10-17(19)15-8-7-9-16(18)13-15/h7-9,13-14,17H,4-6,10-12,19H2,1-3H3. The lowest BCUT2D eigenvalue weighted by Crippen LogP contribution is -2.35. The van der Waals surface area contributed by atoms with Crippen molar-refractivity contribution in [3.8, 4) is 0 Å². The van der Waals surface area contributed by atoms with Crippen LogP contribution in [0.1, 0.15) is 58.1 Å². The molecule has 114 valence electrons. The molecule has 0 saturated heterocycles. The summed E-state index contributed by atoms with van der Waals surface area (Å²) in [5, 5.41) is 0. The number of hydrogen-bond acceptors (Lipinski definition) is 2. The van der Waals surface area contributed by atoms with Crippen LogP contribution in [0.25, 0.3) is 0 Å². The average Bonchev–Trinajstić information content (AvgIpc) is 2.46. The molecule has 2 atom stereocenters. The van der Waals surface area contributed by atoms with Gasteiger partial charge in [0, 0.05) is 23.1 Å². The molecule has 20 heavy (non-hydrogen) atoms. The van der Waals surface area contributed by atoms with Crippen LogP contribution in [-0.2, 0) is 0 Å². The second kappa shape index (κ2) is 9.54. The van der Waals surface area contributed by atoms with Crippen LogP contribution in [0.5, 0.6) is 0 Å². The van der Waals surface area contributed by atoms with E-state index in [-0.39, 0.29) is 6.04 Å². The van der Waals surface area contributed by atoms with Crippen LogP contribution in [0.15, 0.2) is 28.7 Å². The maximum absolute atomic E-state index is 6.33. The predicted octanol–water partition coefficient (Wildman–Crippen LogP) is 4.74. The fourth-order valence-corrected chi connectivity index (χ4v) is 2.80. The van der Waals surface area contributed by atoms with Crippen molar-refractivity contribution in [1.82, 2.24) is 4.90 Å². The fraction of sp³-hybridized carbons (Fsp3) is 0.647. The highest BCUT2D eigenvalue weighted by molar-refractivity contribution is 9.10. The number of nitrogens with zero attached hydrogens (tertiary/aromatic N) is 1. The Morgan fingerprint density at radius 1 is 1.25 bits per heavy atom. The molecule has 0 radical (unpaired) electrons. The minimum Gasteiger partial charge on any atom is -0.324 e. The van der Waals surface area contributed by atoms with E-state index in [0.29, 0.717) is 6.04 Å². The molecule has 0 spiro atoms. The summed E-state index contributed by atoms with van der Waals surface area (Å²) in [6.07, 6.45) is 4.75. The third-order valence-electron chi connectivity index (χ3n) is 4.02. The van der Waals surface area contributed by atoms with Crippen LogP contribution in [-0.4, -0.2) is 24.0 Å². The van der Waals surface area contributed by atoms with Crippen molar-refractivity contribution in [2.45, 2.75) is 58.5 Å². The number of rotatable bonds is 9. The minimum atomic E-state index is 0.126. The molecule has 0 aliphatic carbocycles. The summed E-state index contributed by atoms with van der Waals surface area (Å²) in [6, 6.07) is 9.13. The summed E-state index contributed by atoms with van der Waals surface area (Å²) in [4.78, 5) is 2.58. The first kappa shape index (κ1) is 17.7. The van der Waals surface area contributed by atoms with Gasteiger partial charge in [0.1, 0.15) is 0 Å². The van der Waals surface area contributed by atoms with Gasteiger partial charge in [-0.3, -0.25) is 0 Å². The summed E-state index contributed by atoms with van der Waals surface area (Å²) < 4.78 is 1.11. The van der Waals surface area contributed by atoms with E-state index in [1.54, 1.807) is 0 Å². The van der Waals surface area contributed by atoms with E-state index < -0.39 is 0 Å². The van der Waals surface area contributed by atoms with Gasteiger partial charge in [-0.05, 0) is 50.4 Å². The van der Waals surface area contributed by atoms with Crippen molar-refractivity contribution in [3.05, 3.63) is 34.3 Å². The van der Waals surface area contributed by atoms with Gasteiger partial charge in [0.05, 0.1) is 0 Å². The Morgan fingerprint density at radius 2 is 2.00 bits per heavy atom. The summed E-state index contributed by atoms with van der Waals surface area (Å²) in [6.45, 7) is 9.11. The zero-order chi connectivity index (χ0) is 15.0. The molecule has 0 heterocycles. The molecule has 1 aromatic rings. The van der Waals surface area contributed by atoms with Gasteiger partial charge in [-0.25, -0.2) is 0 Å². The summed E-state index contributed by atoms with van der Waals surface area (Å²) in [5.41, 5.74) is 7.56. The van der Waals surface area contributed by atoms with Crippen molar-refractivity contribution in [3.63, 3.8) is 0 Å². The molecule has 0 aromatic heterocycles. The molecule has 0 amide bonds. The molecule has 2 nitrogen and oxygen atoms in total. The minimum absolute atomic E-state index is 0.126.